The highest BCUT2D eigenvalue weighted by Gasteiger charge is 2.19. The first-order valence-corrected chi connectivity index (χ1v) is 10.2. The molecule has 0 radical (unpaired) electrons. The van der Waals surface area contributed by atoms with Gasteiger partial charge in [-0.2, -0.15) is 0 Å². The Morgan fingerprint density at radius 2 is 1.81 bits per heavy atom. The minimum absolute atomic E-state index is 0.253. The fourth-order valence-electron chi connectivity index (χ4n) is 2.74. The van der Waals surface area contributed by atoms with Crippen molar-refractivity contribution >= 4 is 29.3 Å². The molecule has 0 bridgehead atoms. The molecular weight excluding hydrogens is 418 g/mol. The Bertz CT molecular complexity index is 1140. The molecule has 8 nitrogen and oxygen atoms in total. The third-order valence-corrected chi connectivity index (χ3v) is 5.34. The number of methoxy groups -OCH3 is 2. The number of nitrogens with one attached hydrogen (secondary N) is 2. The van der Waals surface area contributed by atoms with E-state index < -0.39 is 11.2 Å². The lowest BCUT2D eigenvalue weighted by atomic mass is 10.1. The number of thioether (sulfide) groups is 1. The smallest absolute Gasteiger partial charge is 0.339 e. The summed E-state index contributed by atoms with van der Waals surface area (Å²) in [7, 11) is 2.85. The lowest BCUT2D eigenvalue weighted by molar-refractivity contribution is -0.115. The number of rotatable bonds is 7. The lowest BCUT2D eigenvalue weighted by Gasteiger charge is -2.14. The van der Waals surface area contributed by atoms with Gasteiger partial charge in [-0.3, -0.25) is 9.59 Å². The number of ether oxygens (including phenoxy) is 2. The SMILES string of the molecule is COC(=O)c1ccccc1NC(=O)C(C)Sc1nc(-c2ccc(OC)cc2)cc(=O)[nH]1. The molecule has 0 saturated carbocycles. The number of hydrogen-bond acceptors (Lipinski definition) is 7. The monoisotopic (exact) mass is 439 g/mol. The molecular formula is C22H21N3O5S. The topological polar surface area (TPSA) is 110 Å². The standard InChI is InChI=1S/C22H21N3O5S/c1-13(20(27)23-17-7-5-4-6-16(17)21(28)30-3)31-22-24-18(12-19(26)25-22)14-8-10-15(29-2)11-9-14/h4-13H,1-3H3,(H,23,27)(H,24,25,26). The predicted molar refractivity (Wildman–Crippen MR) is 119 cm³/mol. The number of hydrogen-bond donors (Lipinski definition) is 2. The summed E-state index contributed by atoms with van der Waals surface area (Å²) >= 11 is 1.10. The number of carbonyl (C=O) groups is 2. The number of aromatic nitrogens is 2. The fraction of sp³-hybridized carbons (Fsp3) is 0.182. The van der Waals surface area contributed by atoms with Gasteiger partial charge in [0.2, 0.25) is 5.91 Å². The molecule has 0 aliphatic carbocycles. The van der Waals surface area contributed by atoms with Crippen LogP contribution in [0.5, 0.6) is 5.75 Å². The molecule has 1 unspecified atom stereocenters. The molecule has 3 rings (SSSR count). The molecule has 0 saturated heterocycles. The number of benzene rings is 2. The van der Waals surface area contributed by atoms with Crippen molar-refractivity contribution in [2.75, 3.05) is 19.5 Å². The summed E-state index contributed by atoms with van der Waals surface area (Å²) in [4.78, 5) is 43.8. The third-order valence-electron chi connectivity index (χ3n) is 4.35. The Labute approximate surface area is 183 Å². The number of aromatic amines is 1. The highest BCUT2D eigenvalue weighted by atomic mass is 32.2. The second-order valence-corrected chi connectivity index (χ2v) is 7.78. The van der Waals surface area contributed by atoms with Crippen LogP contribution in [-0.2, 0) is 9.53 Å². The molecule has 9 heteroatoms. The van der Waals surface area contributed by atoms with E-state index in [0.29, 0.717) is 22.3 Å². The Balaban J connectivity index is 1.76. The molecule has 1 heterocycles. The highest BCUT2D eigenvalue weighted by Crippen LogP contribution is 2.25. The van der Waals surface area contributed by atoms with Crippen LogP contribution in [0, 0.1) is 0 Å². The first kappa shape index (κ1) is 22.1. The molecule has 0 fully saturated rings. The van der Waals surface area contributed by atoms with Crippen molar-refractivity contribution in [1.82, 2.24) is 9.97 Å². The average Bonchev–Trinajstić information content (AvgIpc) is 2.78. The normalized spacial score (nSPS) is 11.5. The Morgan fingerprint density at radius 1 is 1.10 bits per heavy atom. The summed E-state index contributed by atoms with van der Waals surface area (Å²) in [6.45, 7) is 1.68. The van der Waals surface area contributed by atoms with Crippen LogP contribution in [0.3, 0.4) is 0 Å². The van der Waals surface area contributed by atoms with Gasteiger partial charge in [0.1, 0.15) is 5.75 Å². The molecule has 1 atom stereocenters. The second-order valence-electron chi connectivity index (χ2n) is 6.45. The third kappa shape index (κ3) is 5.52. The van der Waals surface area contributed by atoms with Crippen LogP contribution in [0.1, 0.15) is 17.3 Å². The minimum atomic E-state index is -0.597. The fourth-order valence-corrected chi connectivity index (χ4v) is 3.55. The van der Waals surface area contributed by atoms with Crippen molar-refractivity contribution in [3.8, 4) is 17.0 Å². The molecule has 0 aliphatic rings. The van der Waals surface area contributed by atoms with E-state index in [4.69, 9.17) is 9.47 Å². The largest absolute Gasteiger partial charge is 0.497 e. The van der Waals surface area contributed by atoms with E-state index in [2.05, 4.69) is 15.3 Å². The summed E-state index contributed by atoms with van der Waals surface area (Å²) in [6.07, 6.45) is 0. The van der Waals surface area contributed by atoms with Gasteiger partial charge >= 0.3 is 5.97 Å². The maximum Gasteiger partial charge on any atom is 0.339 e. The van der Waals surface area contributed by atoms with Crippen LogP contribution in [0.4, 0.5) is 5.69 Å². The average molecular weight is 439 g/mol. The number of carbonyl (C=O) groups excluding carboxylic acids is 2. The highest BCUT2D eigenvalue weighted by molar-refractivity contribution is 8.00. The molecule has 1 amide bonds. The van der Waals surface area contributed by atoms with E-state index in [9.17, 15) is 14.4 Å². The molecule has 160 valence electrons. The second kappa shape index (κ2) is 9.94. The van der Waals surface area contributed by atoms with Gasteiger partial charge in [-0.1, -0.05) is 23.9 Å². The van der Waals surface area contributed by atoms with Crippen molar-refractivity contribution < 1.29 is 19.1 Å². The zero-order valence-corrected chi connectivity index (χ0v) is 18.0. The summed E-state index contributed by atoms with van der Waals surface area (Å²) in [6, 6.07) is 15.1. The van der Waals surface area contributed by atoms with Gasteiger partial charge in [0.25, 0.3) is 5.56 Å². The lowest BCUT2D eigenvalue weighted by Crippen LogP contribution is -2.24. The summed E-state index contributed by atoms with van der Waals surface area (Å²) in [5, 5.41) is 2.44. The van der Waals surface area contributed by atoms with E-state index in [-0.39, 0.29) is 17.0 Å². The number of esters is 1. The molecule has 31 heavy (non-hydrogen) atoms. The van der Waals surface area contributed by atoms with E-state index in [1.54, 1.807) is 62.6 Å². The first-order chi connectivity index (χ1) is 14.9. The molecule has 3 aromatic rings. The Hall–Kier alpha value is -3.59. The van der Waals surface area contributed by atoms with Gasteiger partial charge in [-0.15, -0.1) is 0 Å². The number of anilines is 1. The van der Waals surface area contributed by atoms with E-state index in [1.165, 1.54) is 13.2 Å². The predicted octanol–water partition coefficient (Wildman–Crippen LogP) is 3.35. The van der Waals surface area contributed by atoms with E-state index in [1.807, 2.05) is 0 Å². The van der Waals surface area contributed by atoms with Crippen LogP contribution in [-0.4, -0.2) is 41.3 Å². The first-order valence-electron chi connectivity index (χ1n) is 9.32. The van der Waals surface area contributed by atoms with Crippen molar-refractivity contribution in [1.29, 1.82) is 0 Å². The molecule has 2 aromatic carbocycles. The van der Waals surface area contributed by atoms with Gasteiger partial charge in [0, 0.05) is 11.6 Å². The van der Waals surface area contributed by atoms with Crippen LogP contribution in [0.2, 0.25) is 0 Å². The Morgan fingerprint density at radius 3 is 2.48 bits per heavy atom. The van der Waals surface area contributed by atoms with Crippen LogP contribution in [0.25, 0.3) is 11.3 Å². The quantitative estimate of drug-likeness (QED) is 0.330. The minimum Gasteiger partial charge on any atom is -0.497 e. The van der Waals surface area contributed by atoms with E-state index >= 15 is 0 Å². The van der Waals surface area contributed by atoms with Crippen LogP contribution < -0.4 is 15.6 Å². The maximum absolute atomic E-state index is 12.7. The van der Waals surface area contributed by atoms with Gasteiger partial charge in [0.15, 0.2) is 5.16 Å². The number of nitrogens with zero attached hydrogens (tertiary/aromatic N) is 1. The summed E-state index contributed by atoms with van der Waals surface area (Å²) in [5.41, 5.74) is 1.51. The molecule has 0 aliphatic heterocycles. The molecule has 1 aromatic heterocycles. The zero-order chi connectivity index (χ0) is 22.4. The van der Waals surface area contributed by atoms with E-state index in [0.717, 1.165) is 17.3 Å². The van der Waals surface area contributed by atoms with Crippen molar-refractivity contribution in [3.63, 3.8) is 0 Å². The molecule has 2 N–H and O–H groups in total. The molecule has 0 spiro atoms. The van der Waals surface area contributed by atoms with Crippen LogP contribution >= 0.6 is 11.8 Å². The summed E-state index contributed by atoms with van der Waals surface area (Å²) in [5.74, 6) is -0.200. The summed E-state index contributed by atoms with van der Waals surface area (Å²) < 4.78 is 9.89. The van der Waals surface area contributed by atoms with Gasteiger partial charge in [-0.25, -0.2) is 9.78 Å². The van der Waals surface area contributed by atoms with Crippen molar-refractivity contribution in [3.05, 3.63) is 70.5 Å². The number of para-hydroxylation sites is 1. The maximum atomic E-state index is 12.7. The van der Waals surface area contributed by atoms with Crippen LogP contribution in [0.15, 0.2) is 64.5 Å². The Kier molecular flexibility index (Phi) is 7.09. The van der Waals surface area contributed by atoms with Crippen molar-refractivity contribution in [2.24, 2.45) is 0 Å². The zero-order valence-electron chi connectivity index (χ0n) is 17.2. The van der Waals surface area contributed by atoms with Crippen molar-refractivity contribution in [2.45, 2.75) is 17.3 Å². The van der Waals surface area contributed by atoms with Gasteiger partial charge in [-0.05, 0) is 43.3 Å². The van der Waals surface area contributed by atoms with Gasteiger partial charge < -0.3 is 19.8 Å². The number of amides is 1. The van der Waals surface area contributed by atoms with Gasteiger partial charge in [0.05, 0.1) is 36.4 Å². The number of H-pyrrole nitrogens is 1.